The molecule has 26 heavy (non-hydrogen) atoms. The zero-order valence-corrected chi connectivity index (χ0v) is 16.4. The van der Waals surface area contributed by atoms with E-state index in [4.69, 9.17) is 9.47 Å². The van der Waals surface area contributed by atoms with Crippen LogP contribution in [0.2, 0.25) is 0 Å². The molecule has 2 aliphatic rings. The minimum absolute atomic E-state index is 0.0194. The first-order valence-corrected chi connectivity index (χ1v) is 9.54. The van der Waals surface area contributed by atoms with Gasteiger partial charge < -0.3 is 19.5 Å². The molecule has 0 radical (unpaired) electrons. The second kappa shape index (κ2) is 7.10. The highest BCUT2D eigenvalue weighted by Gasteiger charge is 2.50. The average molecular weight is 361 g/mol. The maximum atomic E-state index is 12.8. The molecule has 1 saturated carbocycles. The van der Waals surface area contributed by atoms with Gasteiger partial charge in [-0.05, 0) is 54.7 Å². The Bertz CT molecular complexity index is 672. The van der Waals surface area contributed by atoms with Gasteiger partial charge in [-0.3, -0.25) is 4.79 Å². The third-order valence-corrected chi connectivity index (χ3v) is 5.58. The predicted octanol–water partition coefficient (Wildman–Crippen LogP) is 3.38. The number of carbonyl (C=O) groups is 1. The summed E-state index contributed by atoms with van der Waals surface area (Å²) in [6, 6.07) is 5.63. The highest BCUT2D eigenvalue weighted by atomic mass is 16.5. The van der Waals surface area contributed by atoms with Crippen LogP contribution in [-0.2, 0) is 11.4 Å². The van der Waals surface area contributed by atoms with Gasteiger partial charge in [0.05, 0.1) is 13.2 Å². The maximum absolute atomic E-state index is 12.8. The van der Waals surface area contributed by atoms with Gasteiger partial charge in [0.15, 0.2) is 18.1 Å². The van der Waals surface area contributed by atoms with Crippen LogP contribution in [0.1, 0.15) is 52.5 Å². The summed E-state index contributed by atoms with van der Waals surface area (Å²) in [5, 5.41) is 9.28. The summed E-state index contributed by atoms with van der Waals surface area (Å²) in [5.74, 6) is 1.16. The minimum Gasteiger partial charge on any atom is -0.490 e. The molecule has 5 nitrogen and oxygen atoms in total. The summed E-state index contributed by atoms with van der Waals surface area (Å²) < 4.78 is 11.4. The van der Waals surface area contributed by atoms with Crippen LogP contribution >= 0.6 is 0 Å². The van der Waals surface area contributed by atoms with E-state index in [1.807, 2.05) is 11.8 Å². The molecule has 3 rings (SSSR count). The van der Waals surface area contributed by atoms with Crippen LogP contribution in [0.4, 0.5) is 0 Å². The molecule has 2 bridgehead atoms. The molecule has 144 valence electrons. The number of aliphatic hydroxyl groups is 1. The third-order valence-electron chi connectivity index (χ3n) is 5.58. The van der Waals surface area contributed by atoms with E-state index in [0.29, 0.717) is 24.1 Å². The van der Waals surface area contributed by atoms with Crippen LogP contribution < -0.4 is 9.47 Å². The normalized spacial score (nSPS) is 26.7. The Morgan fingerprint density at radius 3 is 2.69 bits per heavy atom. The fourth-order valence-corrected chi connectivity index (χ4v) is 5.01. The predicted molar refractivity (Wildman–Crippen MR) is 100 cm³/mol. The van der Waals surface area contributed by atoms with E-state index >= 15 is 0 Å². The summed E-state index contributed by atoms with van der Waals surface area (Å²) in [7, 11) is 0. The molecule has 2 fully saturated rings. The molecule has 2 atom stereocenters. The van der Waals surface area contributed by atoms with E-state index < -0.39 is 0 Å². The Hall–Kier alpha value is -1.75. The van der Waals surface area contributed by atoms with Crippen molar-refractivity contribution in [2.24, 2.45) is 10.8 Å². The topological polar surface area (TPSA) is 59.0 Å². The Morgan fingerprint density at radius 2 is 2.00 bits per heavy atom. The number of fused-ring (bicyclic) bond motifs is 2. The summed E-state index contributed by atoms with van der Waals surface area (Å²) in [5.41, 5.74) is 1.27. The SMILES string of the molecule is CCOc1cc(CO)ccc1OCC(=O)N1CC2(C)CC1CC(C)(C)C2. The van der Waals surface area contributed by atoms with Gasteiger partial charge in [-0.1, -0.05) is 26.8 Å². The Balaban J connectivity index is 1.66. The van der Waals surface area contributed by atoms with Crippen molar-refractivity contribution in [3.05, 3.63) is 23.8 Å². The molecule has 1 aliphatic heterocycles. The number of benzene rings is 1. The van der Waals surface area contributed by atoms with E-state index in [9.17, 15) is 9.90 Å². The first kappa shape index (κ1) is 19.0. The third kappa shape index (κ3) is 3.98. The van der Waals surface area contributed by atoms with E-state index in [1.165, 1.54) is 0 Å². The number of ether oxygens (including phenoxy) is 2. The minimum atomic E-state index is -0.0525. The fraction of sp³-hybridized carbons (Fsp3) is 0.667. The van der Waals surface area contributed by atoms with Crippen molar-refractivity contribution in [2.45, 2.75) is 59.6 Å². The summed E-state index contributed by atoms with van der Waals surface area (Å²) >= 11 is 0. The number of likely N-dealkylation sites (tertiary alicyclic amines) is 1. The van der Waals surface area contributed by atoms with Crippen molar-refractivity contribution in [3.8, 4) is 11.5 Å². The first-order valence-electron chi connectivity index (χ1n) is 9.54. The summed E-state index contributed by atoms with van der Waals surface area (Å²) in [4.78, 5) is 14.9. The fourth-order valence-electron chi connectivity index (χ4n) is 5.01. The molecule has 1 heterocycles. The molecule has 0 aromatic heterocycles. The van der Waals surface area contributed by atoms with Gasteiger partial charge in [0, 0.05) is 12.6 Å². The maximum Gasteiger partial charge on any atom is 0.260 e. The monoisotopic (exact) mass is 361 g/mol. The molecular weight excluding hydrogens is 330 g/mol. The molecule has 2 unspecified atom stereocenters. The standard InChI is InChI=1S/C21H31NO4/c1-5-25-18-8-15(11-23)6-7-17(18)26-12-19(24)22-14-21(4)10-16(22)9-20(2,3)13-21/h6-8,16,23H,5,9-14H2,1-4H3. The second-order valence-corrected chi connectivity index (χ2v) is 8.90. The van der Waals surface area contributed by atoms with Crippen LogP contribution in [0.5, 0.6) is 11.5 Å². The molecule has 5 heteroatoms. The number of nitrogens with zero attached hydrogens (tertiary/aromatic N) is 1. The number of aliphatic hydroxyl groups excluding tert-OH is 1. The van der Waals surface area contributed by atoms with Gasteiger partial charge >= 0.3 is 0 Å². The summed E-state index contributed by atoms with van der Waals surface area (Å²) in [6.07, 6.45) is 3.32. The highest BCUT2D eigenvalue weighted by Crippen LogP contribution is 2.52. The van der Waals surface area contributed by atoms with Crippen LogP contribution in [0.15, 0.2) is 18.2 Å². The van der Waals surface area contributed by atoms with Crippen LogP contribution in [0.3, 0.4) is 0 Å². The molecule has 1 N–H and O–H groups in total. The average Bonchev–Trinajstić information content (AvgIpc) is 2.82. The molecule has 1 aromatic rings. The van der Waals surface area contributed by atoms with E-state index in [1.54, 1.807) is 18.2 Å². The van der Waals surface area contributed by atoms with E-state index in [-0.39, 0.29) is 30.0 Å². The molecule has 0 spiro atoms. The summed E-state index contributed by atoms with van der Waals surface area (Å²) in [6.45, 7) is 10.1. The van der Waals surface area contributed by atoms with Crippen LogP contribution in [-0.4, -0.2) is 41.7 Å². The lowest BCUT2D eigenvalue weighted by molar-refractivity contribution is -0.134. The van der Waals surface area contributed by atoms with Gasteiger partial charge in [0.1, 0.15) is 0 Å². The zero-order chi connectivity index (χ0) is 18.9. The van der Waals surface area contributed by atoms with E-state index in [0.717, 1.165) is 31.4 Å². The van der Waals surface area contributed by atoms with Crippen LogP contribution in [0, 0.1) is 10.8 Å². The van der Waals surface area contributed by atoms with Gasteiger partial charge in [-0.2, -0.15) is 0 Å². The zero-order valence-electron chi connectivity index (χ0n) is 16.4. The lowest BCUT2D eigenvalue weighted by Crippen LogP contribution is -2.40. The van der Waals surface area contributed by atoms with Crippen molar-refractivity contribution in [1.29, 1.82) is 0 Å². The largest absolute Gasteiger partial charge is 0.490 e. The lowest BCUT2D eigenvalue weighted by atomic mass is 9.65. The van der Waals surface area contributed by atoms with Gasteiger partial charge in [-0.25, -0.2) is 0 Å². The second-order valence-electron chi connectivity index (χ2n) is 8.90. The molecule has 1 saturated heterocycles. The van der Waals surface area contributed by atoms with Crippen molar-refractivity contribution in [1.82, 2.24) is 4.90 Å². The quantitative estimate of drug-likeness (QED) is 0.844. The van der Waals surface area contributed by atoms with Gasteiger partial charge in [0.25, 0.3) is 5.91 Å². The molecule has 1 aromatic carbocycles. The number of rotatable bonds is 6. The van der Waals surface area contributed by atoms with Crippen molar-refractivity contribution < 1.29 is 19.4 Å². The van der Waals surface area contributed by atoms with Gasteiger partial charge in [-0.15, -0.1) is 0 Å². The van der Waals surface area contributed by atoms with Crippen molar-refractivity contribution in [2.75, 3.05) is 19.8 Å². The van der Waals surface area contributed by atoms with Crippen molar-refractivity contribution >= 4 is 5.91 Å². The Morgan fingerprint density at radius 1 is 1.23 bits per heavy atom. The van der Waals surface area contributed by atoms with Crippen molar-refractivity contribution in [3.63, 3.8) is 0 Å². The molecule has 1 aliphatic carbocycles. The molecular formula is C21H31NO4. The number of amides is 1. The smallest absolute Gasteiger partial charge is 0.260 e. The van der Waals surface area contributed by atoms with Gasteiger partial charge in [0.2, 0.25) is 0 Å². The first-order chi connectivity index (χ1) is 12.3. The lowest BCUT2D eigenvalue weighted by Gasteiger charge is -2.39. The Labute approximate surface area is 156 Å². The van der Waals surface area contributed by atoms with E-state index in [2.05, 4.69) is 20.8 Å². The highest BCUT2D eigenvalue weighted by molar-refractivity contribution is 5.78. The number of carbonyl (C=O) groups excluding carboxylic acids is 1. The number of hydrogen-bond acceptors (Lipinski definition) is 4. The Kier molecular flexibility index (Phi) is 5.20. The number of hydrogen-bond donors (Lipinski definition) is 1. The molecule has 1 amide bonds. The van der Waals surface area contributed by atoms with Crippen LogP contribution in [0.25, 0.3) is 0 Å².